The van der Waals surface area contributed by atoms with Crippen LogP contribution in [0.5, 0.6) is 0 Å². The second-order valence-corrected chi connectivity index (χ2v) is 7.80. The molecular formula is C21H27F3N4. The molecule has 0 saturated carbocycles. The highest BCUT2D eigenvalue weighted by Gasteiger charge is 2.31. The number of benzene rings is 1. The Bertz CT molecular complexity index is 768. The van der Waals surface area contributed by atoms with Crippen LogP contribution in [0.3, 0.4) is 0 Å². The average molecular weight is 392 g/mol. The number of anilines is 1. The summed E-state index contributed by atoms with van der Waals surface area (Å²) in [5, 5.41) is 4.71. The third kappa shape index (κ3) is 4.51. The highest BCUT2D eigenvalue weighted by molar-refractivity contribution is 5.49. The summed E-state index contributed by atoms with van der Waals surface area (Å²) in [6.45, 7) is 5.22. The normalized spacial score (nSPS) is 18.3. The summed E-state index contributed by atoms with van der Waals surface area (Å²) in [6, 6.07) is 5.65. The lowest BCUT2D eigenvalue weighted by atomic mass is 9.99. The Hall–Kier alpha value is -2.02. The molecule has 4 rings (SSSR count). The quantitative estimate of drug-likeness (QED) is 0.769. The van der Waals surface area contributed by atoms with Gasteiger partial charge >= 0.3 is 6.18 Å². The Labute approximate surface area is 163 Å². The van der Waals surface area contributed by atoms with E-state index in [1.807, 2.05) is 4.90 Å². The van der Waals surface area contributed by atoms with E-state index in [0.29, 0.717) is 5.69 Å². The van der Waals surface area contributed by atoms with Gasteiger partial charge in [-0.15, -0.1) is 0 Å². The number of fused-ring (bicyclic) bond motifs is 1. The number of aryl methyl sites for hydroxylation is 3. The average Bonchev–Trinajstić information content (AvgIpc) is 3.11. The summed E-state index contributed by atoms with van der Waals surface area (Å²) >= 11 is 0. The standard InChI is InChI=1S/C21H27F3N4/c22-21(23,24)18-6-3-7-19(15-18)27-13-11-26(12-14-27)9-4-10-28-16-17-5-1-2-8-20(17)25-28/h3,6-7,15-16H,1-2,4-5,8-14H2. The van der Waals surface area contributed by atoms with Crippen molar-refractivity contribution in [1.29, 1.82) is 0 Å². The van der Waals surface area contributed by atoms with Crippen LogP contribution >= 0.6 is 0 Å². The number of halogens is 3. The fourth-order valence-electron chi connectivity index (χ4n) is 4.21. The van der Waals surface area contributed by atoms with Crippen LogP contribution in [-0.4, -0.2) is 47.4 Å². The van der Waals surface area contributed by atoms with Crippen molar-refractivity contribution in [3.63, 3.8) is 0 Å². The van der Waals surface area contributed by atoms with Crippen molar-refractivity contribution < 1.29 is 13.2 Å². The van der Waals surface area contributed by atoms with Crippen molar-refractivity contribution in [3.05, 3.63) is 47.3 Å². The van der Waals surface area contributed by atoms with Crippen LogP contribution in [0.25, 0.3) is 0 Å². The predicted molar refractivity (Wildman–Crippen MR) is 104 cm³/mol. The number of rotatable bonds is 5. The molecule has 152 valence electrons. The SMILES string of the molecule is FC(F)(F)c1cccc(N2CCN(CCCn3cc4c(n3)CCCC4)CC2)c1. The largest absolute Gasteiger partial charge is 0.416 e. The molecule has 0 radical (unpaired) electrons. The summed E-state index contributed by atoms with van der Waals surface area (Å²) in [7, 11) is 0. The number of nitrogens with zero attached hydrogens (tertiary/aromatic N) is 4. The molecule has 2 aromatic rings. The zero-order chi connectivity index (χ0) is 19.6. The Kier molecular flexibility index (Phi) is 5.62. The van der Waals surface area contributed by atoms with Gasteiger partial charge in [0.1, 0.15) is 0 Å². The molecule has 4 nitrogen and oxygen atoms in total. The first-order chi connectivity index (χ1) is 13.5. The summed E-state index contributed by atoms with van der Waals surface area (Å²) in [5.74, 6) is 0. The monoisotopic (exact) mass is 392 g/mol. The van der Waals surface area contributed by atoms with Crippen molar-refractivity contribution in [3.8, 4) is 0 Å². The van der Waals surface area contributed by atoms with E-state index in [0.717, 1.165) is 64.6 Å². The molecule has 7 heteroatoms. The Balaban J connectivity index is 1.24. The Morgan fingerprint density at radius 1 is 0.964 bits per heavy atom. The maximum absolute atomic E-state index is 12.9. The third-order valence-electron chi connectivity index (χ3n) is 5.81. The van der Waals surface area contributed by atoms with Crippen LogP contribution in [0.15, 0.2) is 30.5 Å². The summed E-state index contributed by atoms with van der Waals surface area (Å²) < 4.78 is 40.8. The molecule has 1 aliphatic carbocycles. The molecule has 2 heterocycles. The van der Waals surface area contributed by atoms with Crippen LogP contribution in [0.2, 0.25) is 0 Å². The number of aromatic nitrogens is 2. The van der Waals surface area contributed by atoms with E-state index in [1.54, 1.807) is 6.07 Å². The van der Waals surface area contributed by atoms with Gasteiger partial charge in [0.25, 0.3) is 0 Å². The van der Waals surface area contributed by atoms with Crippen LogP contribution in [0.4, 0.5) is 18.9 Å². The Morgan fingerprint density at radius 3 is 2.50 bits per heavy atom. The number of alkyl halides is 3. The molecule has 0 N–H and O–H groups in total. The zero-order valence-electron chi connectivity index (χ0n) is 16.1. The van der Waals surface area contributed by atoms with Crippen LogP contribution in [0, 0.1) is 0 Å². The minimum atomic E-state index is -4.29. The minimum Gasteiger partial charge on any atom is -0.369 e. The molecule has 0 amide bonds. The smallest absolute Gasteiger partial charge is 0.369 e. The number of piperazine rings is 1. The van der Waals surface area contributed by atoms with Crippen LogP contribution < -0.4 is 4.90 Å². The molecule has 0 spiro atoms. The van der Waals surface area contributed by atoms with E-state index in [4.69, 9.17) is 5.10 Å². The van der Waals surface area contributed by atoms with E-state index in [2.05, 4.69) is 15.8 Å². The molecule has 0 unspecified atom stereocenters. The molecule has 1 aromatic heterocycles. The van der Waals surface area contributed by atoms with Crippen LogP contribution in [-0.2, 0) is 25.6 Å². The summed E-state index contributed by atoms with van der Waals surface area (Å²) in [5.41, 5.74) is 2.79. The van der Waals surface area contributed by atoms with Gasteiger partial charge in [-0.25, -0.2) is 0 Å². The van der Waals surface area contributed by atoms with E-state index < -0.39 is 11.7 Å². The third-order valence-corrected chi connectivity index (χ3v) is 5.81. The maximum Gasteiger partial charge on any atom is 0.416 e. The van der Waals surface area contributed by atoms with Gasteiger partial charge in [0.15, 0.2) is 0 Å². The second kappa shape index (κ2) is 8.15. The zero-order valence-corrected chi connectivity index (χ0v) is 16.1. The van der Waals surface area contributed by atoms with E-state index in [-0.39, 0.29) is 0 Å². The summed E-state index contributed by atoms with van der Waals surface area (Å²) in [4.78, 5) is 4.45. The lowest BCUT2D eigenvalue weighted by Crippen LogP contribution is -2.46. The molecule has 1 saturated heterocycles. The van der Waals surface area contributed by atoms with Crippen molar-refractivity contribution in [2.75, 3.05) is 37.6 Å². The van der Waals surface area contributed by atoms with Gasteiger partial charge < -0.3 is 4.90 Å². The van der Waals surface area contributed by atoms with Gasteiger partial charge in [-0.05, 0) is 55.9 Å². The number of hydrogen-bond donors (Lipinski definition) is 0. The van der Waals surface area contributed by atoms with Gasteiger partial charge in [-0.1, -0.05) is 6.07 Å². The first kappa shape index (κ1) is 19.3. The summed E-state index contributed by atoms with van der Waals surface area (Å²) in [6.07, 6.45) is 3.76. The maximum atomic E-state index is 12.9. The van der Waals surface area contributed by atoms with Crippen LogP contribution in [0.1, 0.15) is 36.1 Å². The highest BCUT2D eigenvalue weighted by Crippen LogP contribution is 2.31. The fourth-order valence-corrected chi connectivity index (χ4v) is 4.21. The van der Waals surface area contributed by atoms with Crippen molar-refractivity contribution in [1.82, 2.24) is 14.7 Å². The van der Waals surface area contributed by atoms with Gasteiger partial charge in [0.05, 0.1) is 11.3 Å². The molecular weight excluding hydrogens is 365 g/mol. The highest BCUT2D eigenvalue weighted by atomic mass is 19.4. The van der Waals surface area contributed by atoms with E-state index in [9.17, 15) is 13.2 Å². The lowest BCUT2D eigenvalue weighted by Gasteiger charge is -2.36. The molecule has 2 aliphatic rings. The first-order valence-corrected chi connectivity index (χ1v) is 10.2. The van der Waals surface area contributed by atoms with Crippen molar-refractivity contribution in [2.45, 2.75) is 44.8 Å². The molecule has 1 aliphatic heterocycles. The predicted octanol–water partition coefficient (Wildman–Crippen LogP) is 3.99. The molecule has 1 fully saturated rings. The van der Waals surface area contributed by atoms with Gasteiger partial charge in [-0.3, -0.25) is 9.58 Å². The van der Waals surface area contributed by atoms with Gasteiger partial charge in [0.2, 0.25) is 0 Å². The van der Waals surface area contributed by atoms with Crippen molar-refractivity contribution in [2.24, 2.45) is 0 Å². The molecule has 1 aromatic carbocycles. The fraction of sp³-hybridized carbons (Fsp3) is 0.571. The van der Waals surface area contributed by atoms with E-state index in [1.165, 1.54) is 36.2 Å². The topological polar surface area (TPSA) is 24.3 Å². The first-order valence-electron chi connectivity index (χ1n) is 10.2. The molecule has 28 heavy (non-hydrogen) atoms. The second-order valence-electron chi connectivity index (χ2n) is 7.80. The van der Waals surface area contributed by atoms with Gasteiger partial charge in [-0.2, -0.15) is 18.3 Å². The van der Waals surface area contributed by atoms with E-state index >= 15 is 0 Å². The lowest BCUT2D eigenvalue weighted by molar-refractivity contribution is -0.137. The van der Waals surface area contributed by atoms with Gasteiger partial charge in [0, 0.05) is 51.2 Å². The Morgan fingerprint density at radius 2 is 1.75 bits per heavy atom. The van der Waals surface area contributed by atoms with Crippen molar-refractivity contribution >= 4 is 5.69 Å². The number of hydrogen-bond acceptors (Lipinski definition) is 3. The molecule has 0 bridgehead atoms. The molecule has 0 atom stereocenters. The minimum absolute atomic E-state index is 0.575.